The standard InChI is InChI=1S/C17H13F3N2O4S2/c18-17(19,20)13-7-3-4-8-16(13)28(25,26)22-15-10-9-14(21-27(23)24)11-5-1-2-6-12(11)15/h1-10,22,27H,(H,21,23,24). The van der Waals surface area contributed by atoms with Crippen LogP contribution in [0.15, 0.2) is 65.6 Å². The molecule has 0 saturated carbocycles. The number of hydrogen-bond donors (Lipinski definition) is 3. The highest BCUT2D eigenvalue weighted by Crippen LogP contribution is 2.36. The van der Waals surface area contributed by atoms with E-state index in [0.717, 1.165) is 12.1 Å². The first-order chi connectivity index (χ1) is 13.1. The Bertz CT molecular complexity index is 1210. The summed E-state index contributed by atoms with van der Waals surface area (Å²) in [6.45, 7) is 0. The number of hydrogen-bond acceptors (Lipinski definition) is 4. The Balaban J connectivity index is 2.11. The molecule has 0 aliphatic heterocycles. The van der Waals surface area contributed by atoms with E-state index in [-0.39, 0.29) is 11.4 Å². The van der Waals surface area contributed by atoms with Crippen LogP contribution in [0, 0.1) is 0 Å². The summed E-state index contributed by atoms with van der Waals surface area (Å²) in [6.07, 6.45) is -4.85. The molecule has 2 N–H and O–H groups in total. The van der Waals surface area contributed by atoms with Gasteiger partial charge < -0.3 is 0 Å². The van der Waals surface area contributed by atoms with Crippen LogP contribution in [0.3, 0.4) is 0 Å². The van der Waals surface area contributed by atoms with Gasteiger partial charge in [-0.1, -0.05) is 36.4 Å². The number of sulfonamides is 1. The van der Waals surface area contributed by atoms with Crippen molar-refractivity contribution in [3.63, 3.8) is 0 Å². The first-order valence-electron chi connectivity index (χ1n) is 7.71. The molecule has 11 heteroatoms. The fraction of sp³-hybridized carbons (Fsp3) is 0.0588. The van der Waals surface area contributed by atoms with Crippen molar-refractivity contribution in [2.24, 2.45) is 0 Å². The normalized spacial score (nSPS) is 12.3. The van der Waals surface area contributed by atoms with Gasteiger partial charge in [0.15, 0.2) is 0 Å². The van der Waals surface area contributed by atoms with Gasteiger partial charge in [-0.25, -0.2) is 16.8 Å². The SMILES string of the molecule is O=[SH](=O)Nc1ccc(NS(=O)(=O)c2ccccc2C(F)(F)F)c2ccccc12. The van der Waals surface area contributed by atoms with Crippen molar-refractivity contribution >= 4 is 43.1 Å². The van der Waals surface area contributed by atoms with Crippen molar-refractivity contribution < 1.29 is 30.0 Å². The van der Waals surface area contributed by atoms with Crippen molar-refractivity contribution in [3.05, 3.63) is 66.2 Å². The lowest BCUT2D eigenvalue weighted by Crippen LogP contribution is -2.19. The molecule has 0 heterocycles. The molecular formula is C17H13F3N2O4S2. The van der Waals surface area contributed by atoms with E-state index in [1.54, 1.807) is 18.2 Å². The van der Waals surface area contributed by atoms with Crippen molar-refractivity contribution in [1.29, 1.82) is 0 Å². The molecule has 3 aromatic rings. The van der Waals surface area contributed by atoms with Crippen molar-refractivity contribution in [2.45, 2.75) is 11.1 Å². The summed E-state index contributed by atoms with van der Waals surface area (Å²) in [5, 5.41) is 0.698. The highest BCUT2D eigenvalue weighted by Gasteiger charge is 2.37. The molecule has 3 rings (SSSR count). The average Bonchev–Trinajstić information content (AvgIpc) is 2.62. The van der Waals surface area contributed by atoms with Gasteiger partial charge in [-0.2, -0.15) is 13.2 Å². The first-order valence-corrected chi connectivity index (χ1v) is 10.4. The lowest BCUT2D eigenvalue weighted by atomic mass is 10.1. The van der Waals surface area contributed by atoms with E-state index >= 15 is 0 Å². The molecule has 0 bridgehead atoms. The Morgan fingerprint density at radius 1 is 0.786 bits per heavy atom. The number of halogens is 3. The lowest BCUT2D eigenvalue weighted by molar-refractivity contribution is -0.139. The Labute approximate surface area is 160 Å². The summed E-state index contributed by atoms with van der Waals surface area (Å²) in [5.41, 5.74) is -1.06. The fourth-order valence-electron chi connectivity index (χ4n) is 2.72. The summed E-state index contributed by atoms with van der Waals surface area (Å²) in [5.74, 6) is 0. The van der Waals surface area contributed by atoms with Crippen molar-refractivity contribution in [1.82, 2.24) is 0 Å². The van der Waals surface area contributed by atoms with Crippen LogP contribution in [-0.2, 0) is 27.1 Å². The Morgan fingerprint density at radius 2 is 1.32 bits per heavy atom. The smallest absolute Gasteiger partial charge is 0.285 e. The van der Waals surface area contributed by atoms with Crippen LogP contribution < -0.4 is 9.44 Å². The third kappa shape index (κ3) is 4.04. The summed E-state index contributed by atoms with van der Waals surface area (Å²) in [7, 11) is -7.52. The van der Waals surface area contributed by atoms with Gasteiger partial charge in [0.25, 0.3) is 10.0 Å². The minimum atomic E-state index is -4.85. The summed E-state index contributed by atoms with van der Waals surface area (Å²) >= 11 is 0. The maximum Gasteiger partial charge on any atom is 0.417 e. The maximum absolute atomic E-state index is 13.2. The highest BCUT2D eigenvalue weighted by molar-refractivity contribution is 7.92. The molecule has 0 aromatic heterocycles. The molecule has 0 fully saturated rings. The van der Waals surface area contributed by atoms with Crippen LogP contribution in [0.2, 0.25) is 0 Å². The summed E-state index contributed by atoms with van der Waals surface area (Å²) in [6, 6.07) is 12.7. The molecule has 0 atom stereocenters. The highest BCUT2D eigenvalue weighted by atomic mass is 32.2. The van der Waals surface area contributed by atoms with E-state index in [4.69, 9.17) is 0 Å². The lowest BCUT2D eigenvalue weighted by Gasteiger charge is -2.16. The number of rotatable bonds is 5. The van der Waals surface area contributed by atoms with Gasteiger partial charge in [-0.3, -0.25) is 9.44 Å². The van der Waals surface area contributed by atoms with Gasteiger partial charge in [0, 0.05) is 10.8 Å². The second-order valence-corrected chi connectivity index (χ2v) is 8.06. The van der Waals surface area contributed by atoms with E-state index in [2.05, 4.69) is 9.44 Å². The number of thiol groups is 1. The Kier molecular flexibility index (Phi) is 5.22. The third-order valence-electron chi connectivity index (χ3n) is 3.86. The minimum Gasteiger partial charge on any atom is -0.285 e. The third-order valence-corrected chi connectivity index (χ3v) is 5.71. The molecule has 3 aromatic carbocycles. The number of fused-ring (bicyclic) bond motifs is 1. The average molecular weight is 430 g/mol. The van der Waals surface area contributed by atoms with Crippen LogP contribution in [0.1, 0.15) is 5.56 Å². The van der Waals surface area contributed by atoms with Crippen LogP contribution in [0.4, 0.5) is 24.5 Å². The second-order valence-electron chi connectivity index (χ2n) is 5.67. The van der Waals surface area contributed by atoms with Gasteiger partial charge in [-0.05, 0) is 24.3 Å². The molecule has 6 nitrogen and oxygen atoms in total. The largest absolute Gasteiger partial charge is 0.417 e. The Morgan fingerprint density at radius 3 is 1.93 bits per heavy atom. The quantitative estimate of drug-likeness (QED) is 0.540. The minimum absolute atomic E-state index is 0.0132. The van der Waals surface area contributed by atoms with Gasteiger partial charge in [-0.15, -0.1) is 0 Å². The van der Waals surface area contributed by atoms with Gasteiger partial charge >= 0.3 is 6.18 Å². The summed E-state index contributed by atoms with van der Waals surface area (Å²) < 4.78 is 91.2. The molecular weight excluding hydrogens is 417 g/mol. The van der Waals surface area contributed by atoms with Gasteiger partial charge in [0.2, 0.25) is 10.9 Å². The monoisotopic (exact) mass is 430 g/mol. The predicted molar refractivity (Wildman–Crippen MR) is 100 cm³/mol. The van der Waals surface area contributed by atoms with Crippen LogP contribution in [0.5, 0.6) is 0 Å². The van der Waals surface area contributed by atoms with E-state index in [1.165, 1.54) is 24.3 Å². The Hall–Kier alpha value is -2.79. The molecule has 0 aliphatic rings. The van der Waals surface area contributed by atoms with Gasteiger partial charge in [0.1, 0.15) is 0 Å². The zero-order chi connectivity index (χ0) is 20.5. The topological polar surface area (TPSA) is 92.3 Å². The number of benzene rings is 3. The van der Waals surface area contributed by atoms with E-state index in [9.17, 15) is 30.0 Å². The van der Waals surface area contributed by atoms with Crippen molar-refractivity contribution in [2.75, 3.05) is 9.44 Å². The van der Waals surface area contributed by atoms with Crippen LogP contribution in [-0.4, -0.2) is 16.8 Å². The molecule has 0 aliphatic carbocycles. The van der Waals surface area contributed by atoms with Crippen molar-refractivity contribution in [3.8, 4) is 0 Å². The van der Waals surface area contributed by atoms with E-state index in [0.29, 0.717) is 16.8 Å². The first kappa shape index (κ1) is 20.0. The van der Waals surface area contributed by atoms with Crippen LogP contribution in [0.25, 0.3) is 10.8 Å². The molecule has 148 valence electrons. The zero-order valence-corrected chi connectivity index (χ0v) is 15.6. The number of alkyl halides is 3. The summed E-state index contributed by atoms with van der Waals surface area (Å²) in [4.78, 5) is -0.906. The molecule has 0 unspecified atom stereocenters. The predicted octanol–water partition coefficient (Wildman–Crippen LogP) is 3.60. The number of nitrogens with one attached hydrogen (secondary N) is 2. The molecule has 0 saturated heterocycles. The number of anilines is 2. The van der Waals surface area contributed by atoms with E-state index < -0.39 is 37.5 Å². The van der Waals surface area contributed by atoms with Gasteiger partial charge in [0.05, 0.1) is 21.8 Å². The maximum atomic E-state index is 13.2. The molecule has 0 radical (unpaired) electrons. The zero-order valence-electron chi connectivity index (χ0n) is 13.9. The molecule has 0 spiro atoms. The fourth-order valence-corrected chi connectivity index (χ4v) is 4.42. The second kappa shape index (κ2) is 7.32. The van der Waals surface area contributed by atoms with E-state index in [1.807, 2.05) is 0 Å². The molecule has 0 amide bonds. The molecule has 28 heavy (non-hydrogen) atoms. The van der Waals surface area contributed by atoms with Crippen LogP contribution >= 0.6 is 0 Å².